The van der Waals surface area contributed by atoms with Crippen molar-refractivity contribution in [1.29, 1.82) is 0 Å². The van der Waals surface area contributed by atoms with Crippen LogP contribution in [0.4, 0.5) is 0 Å². The Morgan fingerprint density at radius 2 is 1.96 bits per heavy atom. The molecule has 2 aliphatic heterocycles. The van der Waals surface area contributed by atoms with Crippen molar-refractivity contribution in [2.75, 3.05) is 26.7 Å². The Labute approximate surface area is 164 Å². The second-order valence-corrected chi connectivity index (χ2v) is 8.07. The number of nitrogens with zero attached hydrogens (tertiary/aromatic N) is 6. The van der Waals surface area contributed by atoms with Crippen molar-refractivity contribution in [1.82, 2.24) is 30.0 Å². The predicted octanol–water partition coefficient (Wildman–Crippen LogP) is 1.32. The minimum Gasteiger partial charge on any atom is -0.345 e. The molecule has 2 saturated heterocycles. The maximum Gasteiger partial charge on any atom is 0.229 e. The van der Waals surface area contributed by atoms with Crippen LogP contribution in [0.1, 0.15) is 37.2 Å². The van der Waals surface area contributed by atoms with Crippen LogP contribution < -0.4 is 0 Å². The van der Waals surface area contributed by atoms with E-state index in [2.05, 4.69) is 15.5 Å². The van der Waals surface area contributed by atoms with Gasteiger partial charge in [0.1, 0.15) is 6.33 Å². The van der Waals surface area contributed by atoms with Gasteiger partial charge in [0.05, 0.1) is 12.5 Å². The van der Waals surface area contributed by atoms with Crippen LogP contribution in [-0.2, 0) is 16.1 Å². The summed E-state index contributed by atoms with van der Waals surface area (Å²) in [6.07, 6.45) is 4.67. The largest absolute Gasteiger partial charge is 0.345 e. The summed E-state index contributed by atoms with van der Waals surface area (Å²) >= 11 is 0. The van der Waals surface area contributed by atoms with E-state index < -0.39 is 0 Å². The van der Waals surface area contributed by atoms with Gasteiger partial charge in [-0.05, 0) is 40.7 Å². The topological polar surface area (TPSA) is 84.2 Å². The minimum absolute atomic E-state index is 0.0815. The molecule has 0 bridgehead atoms. The van der Waals surface area contributed by atoms with Gasteiger partial charge in [-0.3, -0.25) is 9.59 Å². The zero-order chi connectivity index (χ0) is 19.6. The number of rotatable bonds is 4. The number of aromatic nitrogens is 4. The van der Waals surface area contributed by atoms with E-state index in [0.29, 0.717) is 13.0 Å². The van der Waals surface area contributed by atoms with E-state index in [9.17, 15) is 9.59 Å². The van der Waals surface area contributed by atoms with Crippen LogP contribution in [0.15, 0.2) is 36.7 Å². The number of amides is 2. The van der Waals surface area contributed by atoms with Gasteiger partial charge >= 0.3 is 0 Å². The van der Waals surface area contributed by atoms with Gasteiger partial charge in [-0.2, -0.15) is 0 Å². The molecule has 1 spiro atoms. The van der Waals surface area contributed by atoms with Crippen molar-refractivity contribution in [3.8, 4) is 0 Å². The van der Waals surface area contributed by atoms with Crippen LogP contribution in [-0.4, -0.2) is 68.5 Å². The number of likely N-dealkylation sites (tertiary alicyclic amines) is 2. The van der Waals surface area contributed by atoms with Gasteiger partial charge in [0, 0.05) is 33.1 Å². The quantitative estimate of drug-likeness (QED) is 0.796. The van der Waals surface area contributed by atoms with Gasteiger partial charge in [0.2, 0.25) is 11.8 Å². The summed E-state index contributed by atoms with van der Waals surface area (Å²) < 4.78 is 1.58. The Bertz CT molecular complexity index is 814. The molecule has 2 aromatic rings. The highest BCUT2D eigenvalue weighted by molar-refractivity contribution is 5.84. The number of tetrazole rings is 1. The van der Waals surface area contributed by atoms with Gasteiger partial charge in [-0.25, -0.2) is 4.68 Å². The molecule has 1 unspecified atom stereocenters. The molecule has 1 atom stereocenters. The van der Waals surface area contributed by atoms with E-state index in [1.807, 2.05) is 47.2 Å². The molecule has 1 aromatic heterocycles. The maximum atomic E-state index is 12.8. The number of aryl methyl sites for hydroxylation is 1. The lowest BCUT2D eigenvalue weighted by molar-refractivity contribution is -0.143. The molecular formula is C20H26N6O2. The molecule has 0 N–H and O–H groups in total. The third-order valence-electron chi connectivity index (χ3n) is 6.21. The van der Waals surface area contributed by atoms with Crippen LogP contribution in [0, 0.1) is 5.41 Å². The number of carbonyl (C=O) groups is 2. The average molecular weight is 382 g/mol. The molecule has 148 valence electrons. The molecule has 8 nitrogen and oxygen atoms in total. The van der Waals surface area contributed by atoms with Gasteiger partial charge in [0.15, 0.2) is 0 Å². The highest BCUT2D eigenvalue weighted by Gasteiger charge is 2.45. The number of likely N-dealkylation sites (N-methyl/N-ethyl adjacent to an activating group) is 1. The Morgan fingerprint density at radius 3 is 2.64 bits per heavy atom. The van der Waals surface area contributed by atoms with Crippen LogP contribution in [0.5, 0.6) is 0 Å². The fourth-order valence-corrected chi connectivity index (χ4v) is 4.62. The van der Waals surface area contributed by atoms with Crippen molar-refractivity contribution in [3.63, 3.8) is 0 Å². The number of benzene rings is 1. The summed E-state index contributed by atoms with van der Waals surface area (Å²) in [5, 5.41) is 11.0. The molecule has 2 aliphatic rings. The fraction of sp³-hybridized carbons (Fsp3) is 0.550. The van der Waals surface area contributed by atoms with Crippen LogP contribution in [0.3, 0.4) is 0 Å². The van der Waals surface area contributed by atoms with E-state index in [-0.39, 0.29) is 23.1 Å². The molecule has 28 heavy (non-hydrogen) atoms. The molecular weight excluding hydrogens is 356 g/mol. The first-order valence-electron chi connectivity index (χ1n) is 9.85. The van der Waals surface area contributed by atoms with E-state index in [4.69, 9.17) is 0 Å². The second-order valence-electron chi connectivity index (χ2n) is 8.07. The zero-order valence-electron chi connectivity index (χ0n) is 16.2. The monoisotopic (exact) mass is 382 g/mol. The Morgan fingerprint density at radius 1 is 1.21 bits per heavy atom. The smallest absolute Gasteiger partial charge is 0.229 e. The van der Waals surface area contributed by atoms with E-state index >= 15 is 0 Å². The summed E-state index contributed by atoms with van der Waals surface area (Å²) in [6, 6.07) is 10.1. The predicted molar refractivity (Wildman–Crippen MR) is 102 cm³/mol. The van der Waals surface area contributed by atoms with E-state index in [0.717, 1.165) is 44.5 Å². The molecule has 8 heteroatoms. The summed E-state index contributed by atoms with van der Waals surface area (Å²) in [4.78, 5) is 29.1. The summed E-state index contributed by atoms with van der Waals surface area (Å²) in [5.41, 5.74) is 1.19. The average Bonchev–Trinajstić information content (AvgIpc) is 3.24. The van der Waals surface area contributed by atoms with Gasteiger partial charge in [-0.1, -0.05) is 30.3 Å². The van der Waals surface area contributed by atoms with E-state index in [1.165, 1.54) is 6.33 Å². The number of carbonyl (C=O) groups excluding carboxylic acids is 2. The van der Waals surface area contributed by atoms with E-state index in [1.54, 1.807) is 4.68 Å². The van der Waals surface area contributed by atoms with Crippen LogP contribution in [0.25, 0.3) is 0 Å². The first kappa shape index (κ1) is 18.6. The van der Waals surface area contributed by atoms with Crippen molar-refractivity contribution >= 4 is 11.8 Å². The van der Waals surface area contributed by atoms with Crippen LogP contribution in [0.2, 0.25) is 0 Å². The lowest BCUT2D eigenvalue weighted by Crippen LogP contribution is -2.53. The lowest BCUT2D eigenvalue weighted by Gasteiger charge is -2.49. The van der Waals surface area contributed by atoms with Crippen molar-refractivity contribution < 1.29 is 9.59 Å². The first-order chi connectivity index (χ1) is 13.6. The SMILES string of the molecule is CN1CC2(CCN(C(=O)CCn3cnnn3)CC2)CC(c2ccccc2)C1=O. The van der Waals surface area contributed by atoms with Crippen LogP contribution >= 0.6 is 0 Å². The Hall–Kier alpha value is -2.77. The molecule has 2 amide bonds. The molecule has 3 heterocycles. The third kappa shape index (κ3) is 3.76. The van der Waals surface area contributed by atoms with Crippen molar-refractivity contribution in [2.45, 2.75) is 38.1 Å². The van der Waals surface area contributed by atoms with Gasteiger partial charge in [0.25, 0.3) is 0 Å². The summed E-state index contributed by atoms with van der Waals surface area (Å²) in [7, 11) is 1.91. The molecule has 0 aliphatic carbocycles. The second kappa shape index (κ2) is 7.69. The fourth-order valence-electron chi connectivity index (χ4n) is 4.62. The zero-order valence-corrected chi connectivity index (χ0v) is 16.2. The first-order valence-corrected chi connectivity index (χ1v) is 9.85. The maximum absolute atomic E-state index is 12.8. The Balaban J connectivity index is 1.38. The highest BCUT2D eigenvalue weighted by Crippen LogP contribution is 2.45. The molecule has 1 aromatic carbocycles. The van der Waals surface area contributed by atoms with Crippen molar-refractivity contribution in [2.24, 2.45) is 5.41 Å². The number of piperidine rings is 2. The number of hydrogen-bond donors (Lipinski definition) is 0. The van der Waals surface area contributed by atoms with Gasteiger partial charge < -0.3 is 9.80 Å². The molecule has 0 saturated carbocycles. The van der Waals surface area contributed by atoms with Gasteiger partial charge in [-0.15, -0.1) is 5.10 Å². The lowest BCUT2D eigenvalue weighted by atomic mass is 9.67. The number of hydrogen-bond acceptors (Lipinski definition) is 5. The normalized spacial score (nSPS) is 21.9. The molecule has 4 rings (SSSR count). The molecule has 0 radical (unpaired) electrons. The molecule has 2 fully saturated rings. The standard InChI is InChI=1S/C20H26N6O2/c1-24-14-20(13-17(19(24)28)16-5-3-2-4-6-16)8-11-25(12-9-20)18(27)7-10-26-15-21-22-23-26/h2-6,15,17H,7-14H2,1H3. The van der Waals surface area contributed by atoms with Crippen molar-refractivity contribution in [3.05, 3.63) is 42.2 Å². The highest BCUT2D eigenvalue weighted by atomic mass is 16.2. The third-order valence-corrected chi connectivity index (χ3v) is 6.21. The Kier molecular flexibility index (Phi) is 5.11. The minimum atomic E-state index is -0.0815. The summed E-state index contributed by atoms with van der Waals surface area (Å²) in [5.74, 6) is 0.268. The summed E-state index contributed by atoms with van der Waals surface area (Å²) in [6.45, 7) is 2.78.